The van der Waals surface area contributed by atoms with Crippen molar-refractivity contribution in [3.8, 4) is 0 Å². The van der Waals surface area contributed by atoms with Gasteiger partial charge in [-0.3, -0.25) is 9.59 Å². The van der Waals surface area contributed by atoms with Gasteiger partial charge in [-0.1, -0.05) is 0 Å². The molecule has 0 atom stereocenters. The van der Waals surface area contributed by atoms with Gasteiger partial charge in [0.2, 0.25) is 11.8 Å². The first kappa shape index (κ1) is 20.3. The van der Waals surface area contributed by atoms with E-state index in [1.165, 1.54) is 18.0 Å². The Bertz CT molecular complexity index is 728. The first-order valence-corrected chi connectivity index (χ1v) is 9.47. The quantitative estimate of drug-likeness (QED) is 0.741. The summed E-state index contributed by atoms with van der Waals surface area (Å²) in [6, 6.07) is 3.77. The molecule has 3 rings (SSSR count). The zero-order valence-electron chi connectivity index (χ0n) is 15.8. The average molecular weight is 398 g/mol. The Hall–Kier alpha value is -2.45. The average Bonchev–Trinajstić information content (AvgIpc) is 3.27. The van der Waals surface area contributed by atoms with E-state index >= 15 is 0 Å². The molecule has 1 aromatic rings. The van der Waals surface area contributed by atoms with E-state index in [0.29, 0.717) is 5.69 Å². The Kier molecular flexibility index (Phi) is 6.00. The van der Waals surface area contributed by atoms with E-state index in [9.17, 15) is 22.8 Å². The van der Waals surface area contributed by atoms with Crippen molar-refractivity contribution >= 4 is 23.2 Å². The van der Waals surface area contributed by atoms with Gasteiger partial charge in [0.1, 0.15) is 0 Å². The molecule has 2 amide bonds. The number of carbonyl (C=O) groups is 2. The van der Waals surface area contributed by atoms with Crippen molar-refractivity contribution in [3.05, 3.63) is 23.8 Å². The predicted molar refractivity (Wildman–Crippen MR) is 100 cm³/mol. The topological polar surface area (TPSA) is 64.7 Å². The number of benzene rings is 1. The van der Waals surface area contributed by atoms with E-state index in [2.05, 4.69) is 10.6 Å². The Morgan fingerprint density at radius 3 is 2.50 bits per heavy atom. The van der Waals surface area contributed by atoms with E-state index in [1.54, 1.807) is 0 Å². The fourth-order valence-electron chi connectivity index (χ4n) is 3.20. The summed E-state index contributed by atoms with van der Waals surface area (Å²) in [5, 5.41) is 5.64. The minimum Gasteiger partial charge on any atom is -0.374 e. The number of carbonyl (C=O) groups excluding carboxylic acids is 2. The van der Waals surface area contributed by atoms with Gasteiger partial charge < -0.3 is 20.4 Å². The highest BCUT2D eigenvalue weighted by atomic mass is 19.4. The van der Waals surface area contributed by atoms with Gasteiger partial charge in [-0.25, -0.2) is 0 Å². The summed E-state index contributed by atoms with van der Waals surface area (Å²) < 4.78 is 39.3. The second kappa shape index (κ2) is 8.28. The van der Waals surface area contributed by atoms with Crippen LogP contribution < -0.4 is 15.5 Å². The highest BCUT2D eigenvalue weighted by molar-refractivity contribution is 5.87. The number of anilines is 2. The SMILES string of the molecule is CN(CC(=O)NC1CC1)C(=O)CNc1cc(C(F)(F)F)ccc1N1CCCC1. The second-order valence-electron chi connectivity index (χ2n) is 7.37. The van der Waals surface area contributed by atoms with Crippen LogP contribution in [0.3, 0.4) is 0 Å². The molecule has 2 fully saturated rings. The van der Waals surface area contributed by atoms with Gasteiger partial charge in [0.05, 0.1) is 30.0 Å². The molecule has 154 valence electrons. The number of nitrogens with one attached hydrogen (secondary N) is 2. The Morgan fingerprint density at radius 2 is 1.89 bits per heavy atom. The van der Waals surface area contributed by atoms with E-state index in [4.69, 9.17) is 0 Å². The molecule has 28 heavy (non-hydrogen) atoms. The molecule has 0 radical (unpaired) electrons. The maximum Gasteiger partial charge on any atom is 0.416 e. The van der Waals surface area contributed by atoms with E-state index in [-0.39, 0.29) is 36.6 Å². The molecule has 1 saturated carbocycles. The van der Waals surface area contributed by atoms with Crippen LogP contribution in [0.25, 0.3) is 0 Å². The molecule has 0 aromatic heterocycles. The van der Waals surface area contributed by atoms with Crippen molar-refractivity contribution in [3.63, 3.8) is 0 Å². The maximum absolute atomic E-state index is 13.1. The number of rotatable bonds is 7. The molecule has 0 bridgehead atoms. The van der Waals surface area contributed by atoms with Gasteiger partial charge in [-0.2, -0.15) is 13.2 Å². The third-order valence-electron chi connectivity index (χ3n) is 4.95. The number of hydrogen-bond donors (Lipinski definition) is 2. The third-order valence-corrected chi connectivity index (χ3v) is 4.95. The van der Waals surface area contributed by atoms with E-state index < -0.39 is 11.7 Å². The second-order valence-corrected chi connectivity index (χ2v) is 7.37. The van der Waals surface area contributed by atoms with Crippen molar-refractivity contribution in [2.45, 2.75) is 37.9 Å². The maximum atomic E-state index is 13.1. The van der Waals surface area contributed by atoms with Crippen LogP contribution in [-0.4, -0.2) is 56.0 Å². The number of hydrogen-bond acceptors (Lipinski definition) is 4. The zero-order valence-corrected chi connectivity index (χ0v) is 15.8. The summed E-state index contributed by atoms with van der Waals surface area (Å²) >= 11 is 0. The van der Waals surface area contributed by atoms with Gasteiger partial charge in [0.25, 0.3) is 0 Å². The van der Waals surface area contributed by atoms with Gasteiger partial charge in [0, 0.05) is 26.2 Å². The van der Waals surface area contributed by atoms with E-state index in [0.717, 1.165) is 50.9 Å². The number of halogens is 3. The van der Waals surface area contributed by atoms with Crippen molar-refractivity contribution in [1.29, 1.82) is 0 Å². The molecule has 0 unspecified atom stereocenters. The summed E-state index contributed by atoms with van der Waals surface area (Å²) in [5.41, 5.74) is 0.177. The van der Waals surface area contributed by atoms with Crippen molar-refractivity contribution < 1.29 is 22.8 Å². The number of amides is 2. The van der Waals surface area contributed by atoms with Crippen LogP contribution >= 0.6 is 0 Å². The monoisotopic (exact) mass is 398 g/mol. The lowest BCUT2D eigenvalue weighted by Crippen LogP contribution is -2.41. The zero-order chi connectivity index (χ0) is 20.3. The molecule has 1 aromatic carbocycles. The van der Waals surface area contributed by atoms with Gasteiger partial charge in [-0.05, 0) is 43.9 Å². The van der Waals surface area contributed by atoms with Gasteiger partial charge >= 0.3 is 6.18 Å². The van der Waals surface area contributed by atoms with Crippen LogP contribution in [-0.2, 0) is 15.8 Å². The molecular weight excluding hydrogens is 373 g/mol. The Labute approximate surface area is 162 Å². The Morgan fingerprint density at radius 1 is 1.21 bits per heavy atom. The standard InChI is InChI=1S/C19H25F3N4O2/c1-25(12-17(27)24-14-5-6-14)18(28)11-23-15-10-13(19(20,21)22)4-7-16(15)26-8-2-3-9-26/h4,7,10,14,23H,2-3,5-6,8-9,11-12H2,1H3,(H,24,27). The largest absolute Gasteiger partial charge is 0.416 e. The molecule has 6 nitrogen and oxygen atoms in total. The fraction of sp³-hybridized carbons (Fsp3) is 0.579. The van der Waals surface area contributed by atoms with Crippen LogP contribution in [0.4, 0.5) is 24.5 Å². The molecule has 1 aliphatic carbocycles. The lowest BCUT2D eigenvalue weighted by molar-refractivity contribution is -0.137. The minimum absolute atomic E-state index is 0.0708. The summed E-state index contributed by atoms with van der Waals surface area (Å²) in [6.07, 6.45) is -0.572. The summed E-state index contributed by atoms with van der Waals surface area (Å²) in [5.74, 6) is -0.592. The van der Waals surface area contributed by atoms with Crippen molar-refractivity contribution in [2.24, 2.45) is 0 Å². The Balaban J connectivity index is 1.65. The number of likely N-dealkylation sites (N-methyl/N-ethyl adjacent to an activating group) is 1. The fourth-order valence-corrected chi connectivity index (χ4v) is 3.20. The number of nitrogens with zero attached hydrogens (tertiary/aromatic N) is 2. The van der Waals surface area contributed by atoms with Gasteiger partial charge in [0.15, 0.2) is 0 Å². The third kappa shape index (κ3) is 5.30. The highest BCUT2D eigenvalue weighted by Crippen LogP contribution is 2.36. The first-order valence-electron chi connectivity index (χ1n) is 9.47. The predicted octanol–water partition coefficient (Wildman–Crippen LogP) is 2.45. The molecule has 2 aliphatic rings. The van der Waals surface area contributed by atoms with Crippen LogP contribution in [0.1, 0.15) is 31.2 Å². The molecule has 1 aliphatic heterocycles. The smallest absolute Gasteiger partial charge is 0.374 e. The normalized spacial score (nSPS) is 16.8. The lowest BCUT2D eigenvalue weighted by Gasteiger charge is -2.24. The van der Waals surface area contributed by atoms with Crippen LogP contribution in [0, 0.1) is 0 Å². The minimum atomic E-state index is -4.46. The molecular formula is C19H25F3N4O2. The summed E-state index contributed by atoms with van der Waals surface area (Å²) in [7, 11) is 1.50. The van der Waals surface area contributed by atoms with Crippen molar-refractivity contribution in [2.75, 3.05) is 43.4 Å². The molecule has 2 N–H and O–H groups in total. The summed E-state index contributed by atoms with van der Waals surface area (Å²) in [4.78, 5) is 27.4. The number of alkyl halides is 3. The van der Waals surface area contributed by atoms with E-state index in [1.807, 2.05) is 4.90 Å². The van der Waals surface area contributed by atoms with Crippen LogP contribution in [0.5, 0.6) is 0 Å². The summed E-state index contributed by atoms with van der Waals surface area (Å²) in [6.45, 7) is 1.29. The van der Waals surface area contributed by atoms with Crippen LogP contribution in [0.2, 0.25) is 0 Å². The highest BCUT2D eigenvalue weighted by Gasteiger charge is 2.32. The molecule has 1 saturated heterocycles. The van der Waals surface area contributed by atoms with Crippen molar-refractivity contribution in [1.82, 2.24) is 10.2 Å². The van der Waals surface area contributed by atoms with Gasteiger partial charge in [-0.15, -0.1) is 0 Å². The molecule has 9 heteroatoms. The molecule has 1 heterocycles. The lowest BCUT2D eigenvalue weighted by atomic mass is 10.1. The van der Waals surface area contributed by atoms with Crippen LogP contribution in [0.15, 0.2) is 18.2 Å². The first-order chi connectivity index (χ1) is 13.2. The molecule has 0 spiro atoms.